The van der Waals surface area contributed by atoms with Gasteiger partial charge < -0.3 is 4.98 Å². The van der Waals surface area contributed by atoms with Crippen LogP contribution in [-0.2, 0) is 0 Å². The summed E-state index contributed by atoms with van der Waals surface area (Å²) in [6.07, 6.45) is 1.60. The summed E-state index contributed by atoms with van der Waals surface area (Å²) in [4.78, 5) is 12.7. The Bertz CT molecular complexity index is 174. The van der Waals surface area contributed by atoms with Gasteiger partial charge in [0, 0.05) is 12.3 Å². The first kappa shape index (κ1) is 6.95. The smallest absolute Gasteiger partial charge is 0.247 e. The van der Waals surface area contributed by atoms with Gasteiger partial charge in [-0.05, 0) is 6.07 Å². The molecule has 0 amide bonds. The van der Waals surface area contributed by atoms with Gasteiger partial charge in [0.25, 0.3) is 0 Å². The molecular formula is C6H9NO. The Morgan fingerprint density at radius 3 is 2.38 bits per heavy atom. The fourth-order valence-electron chi connectivity index (χ4n) is 0.377. The van der Waals surface area contributed by atoms with Crippen LogP contribution in [0.25, 0.3) is 0 Å². The molecule has 0 aliphatic carbocycles. The minimum Gasteiger partial charge on any atom is -0.329 e. The summed E-state index contributed by atoms with van der Waals surface area (Å²) in [7, 11) is 0. The third-order valence-corrected chi connectivity index (χ3v) is 0.681. The molecule has 2 nitrogen and oxygen atoms in total. The highest BCUT2D eigenvalue weighted by Gasteiger charge is 1.69. The van der Waals surface area contributed by atoms with E-state index in [1.165, 1.54) is 6.07 Å². The van der Waals surface area contributed by atoms with Crippen molar-refractivity contribution in [3.8, 4) is 0 Å². The van der Waals surface area contributed by atoms with Crippen LogP contribution >= 0.6 is 0 Å². The van der Waals surface area contributed by atoms with E-state index in [0.29, 0.717) is 0 Å². The Kier molecular flexibility index (Phi) is 2.62. The van der Waals surface area contributed by atoms with E-state index in [-0.39, 0.29) is 13.0 Å². The molecule has 0 unspecified atom stereocenters. The summed E-state index contributed by atoms with van der Waals surface area (Å²) in [5.74, 6) is 0. The van der Waals surface area contributed by atoms with Crippen LogP contribution in [0.4, 0.5) is 0 Å². The second-order valence-corrected chi connectivity index (χ2v) is 1.23. The summed E-state index contributed by atoms with van der Waals surface area (Å²) in [5.41, 5.74) is -0.0532. The maximum absolute atomic E-state index is 10.2. The third-order valence-electron chi connectivity index (χ3n) is 0.681. The fraction of sp³-hybridized carbons (Fsp3) is 0.167. The molecule has 0 atom stereocenters. The molecule has 44 valence electrons. The monoisotopic (exact) mass is 111 g/mol. The highest BCUT2D eigenvalue weighted by Crippen LogP contribution is 1.67. The van der Waals surface area contributed by atoms with Gasteiger partial charge in [0.05, 0.1) is 0 Å². The number of pyridine rings is 1. The van der Waals surface area contributed by atoms with Gasteiger partial charge in [0.2, 0.25) is 5.56 Å². The van der Waals surface area contributed by atoms with Crippen molar-refractivity contribution in [2.75, 3.05) is 0 Å². The molecule has 0 aliphatic heterocycles. The number of hydrogen-bond acceptors (Lipinski definition) is 1. The van der Waals surface area contributed by atoms with Crippen molar-refractivity contribution < 1.29 is 0 Å². The van der Waals surface area contributed by atoms with Crippen LogP contribution in [0.2, 0.25) is 0 Å². The largest absolute Gasteiger partial charge is 0.329 e. The highest BCUT2D eigenvalue weighted by molar-refractivity contribution is 4.89. The van der Waals surface area contributed by atoms with E-state index < -0.39 is 0 Å². The lowest BCUT2D eigenvalue weighted by molar-refractivity contribution is 1.24. The zero-order valence-electron chi connectivity index (χ0n) is 3.72. The molecule has 1 rings (SSSR count). The number of nitrogens with one attached hydrogen (secondary N) is 1. The molecule has 1 aromatic heterocycles. The first-order valence-corrected chi connectivity index (χ1v) is 2.03. The van der Waals surface area contributed by atoms with Crippen LogP contribution < -0.4 is 5.56 Å². The molecule has 0 aliphatic rings. The molecule has 0 aromatic carbocycles. The van der Waals surface area contributed by atoms with E-state index in [0.717, 1.165) is 0 Å². The zero-order valence-corrected chi connectivity index (χ0v) is 3.72. The van der Waals surface area contributed by atoms with E-state index in [1.54, 1.807) is 18.3 Å². The van der Waals surface area contributed by atoms with Crippen molar-refractivity contribution in [2.45, 2.75) is 7.43 Å². The van der Waals surface area contributed by atoms with Gasteiger partial charge in [-0.3, -0.25) is 4.79 Å². The number of aromatic nitrogens is 1. The number of aromatic amines is 1. The molecular weight excluding hydrogens is 102 g/mol. The number of rotatable bonds is 0. The maximum Gasteiger partial charge on any atom is 0.247 e. The van der Waals surface area contributed by atoms with E-state index >= 15 is 0 Å². The quantitative estimate of drug-likeness (QED) is 0.532. The Labute approximate surface area is 48.2 Å². The third kappa shape index (κ3) is 1.60. The molecule has 2 heteroatoms. The van der Waals surface area contributed by atoms with Crippen LogP contribution in [0.3, 0.4) is 0 Å². The lowest BCUT2D eigenvalue weighted by Crippen LogP contribution is -1.98. The Balaban J connectivity index is 0.000000490. The van der Waals surface area contributed by atoms with Gasteiger partial charge in [-0.15, -0.1) is 0 Å². The molecule has 8 heavy (non-hydrogen) atoms. The molecule has 0 fully saturated rings. The molecule has 0 bridgehead atoms. The van der Waals surface area contributed by atoms with Crippen molar-refractivity contribution in [3.05, 3.63) is 34.7 Å². The van der Waals surface area contributed by atoms with E-state index in [2.05, 4.69) is 4.98 Å². The van der Waals surface area contributed by atoms with Gasteiger partial charge in [-0.25, -0.2) is 0 Å². The first-order chi connectivity index (χ1) is 3.39. The van der Waals surface area contributed by atoms with Crippen LogP contribution in [-0.4, -0.2) is 4.98 Å². The minimum atomic E-state index is -0.0532. The zero-order chi connectivity index (χ0) is 5.11. The van der Waals surface area contributed by atoms with E-state index in [1.807, 2.05) is 0 Å². The van der Waals surface area contributed by atoms with E-state index in [9.17, 15) is 4.79 Å². The maximum atomic E-state index is 10.2. The van der Waals surface area contributed by atoms with Crippen molar-refractivity contribution in [1.29, 1.82) is 0 Å². The molecule has 1 aromatic rings. The average molecular weight is 111 g/mol. The van der Waals surface area contributed by atoms with Crippen LogP contribution in [0, 0.1) is 0 Å². The van der Waals surface area contributed by atoms with Crippen LogP contribution in [0.15, 0.2) is 29.2 Å². The lowest BCUT2D eigenvalue weighted by atomic mass is 10.5. The lowest BCUT2D eigenvalue weighted by Gasteiger charge is -1.73. The number of hydrogen-bond donors (Lipinski definition) is 1. The summed E-state index contributed by atoms with van der Waals surface area (Å²) < 4.78 is 0. The van der Waals surface area contributed by atoms with E-state index in [4.69, 9.17) is 0 Å². The first-order valence-electron chi connectivity index (χ1n) is 2.03. The van der Waals surface area contributed by atoms with Crippen LogP contribution in [0.5, 0.6) is 0 Å². The second kappa shape index (κ2) is 3.02. The Morgan fingerprint density at radius 2 is 2.12 bits per heavy atom. The van der Waals surface area contributed by atoms with Gasteiger partial charge in [-0.2, -0.15) is 0 Å². The second-order valence-electron chi connectivity index (χ2n) is 1.23. The minimum absolute atomic E-state index is 0. The van der Waals surface area contributed by atoms with Gasteiger partial charge in [0.15, 0.2) is 0 Å². The standard InChI is InChI=1S/C5H5NO.CH4/c7-5-3-1-2-4-6-5;/h1-4H,(H,6,7);1H4. The van der Waals surface area contributed by atoms with Crippen molar-refractivity contribution in [2.24, 2.45) is 0 Å². The summed E-state index contributed by atoms with van der Waals surface area (Å²) >= 11 is 0. The molecule has 0 radical (unpaired) electrons. The molecule has 0 spiro atoms. The summed E-state index contributed by atoms with van der Waals surface area (Å²) in [6.45, 7) is 0. The topological polar surface area (TPSA) is 32.9 Å². The van der Waals surface area contributed by atoms with Gasteiger partial charge in [0.1, 0.15) is 0 Å². The SMILES string of the molecule is C.O=c1cccc[nH]1. The molecule has 0 saturated carbocycles. The Hall–Kier alpha value is -1.05. The van der Waals surface area contributed by atoms with Gasteiger partial charge in [-0.1, -0.05) is 13.5 Å². The number of H-pyrrole nitrogens is 1. The normalized spacial score (nSPS) is 7.50. The van der Waals surface area contributed by atoms with Crippen molar-refractivity contribution in [3.63, 3.8) is 0 Å². The molecule has 0 saturated heterocycles. The molecule has 1 heterocycles. The molecule has 1 N–H and O–H groups in total. The van der Waals surface area contributed by atoms with Crippen molar-refractivity contribution in [1.82, 2.24) is 4.98 Å². The van der Waals surface area contributed by atoms with Crippen molar-refractivity contribution >= 4 is 0 Å². The van der Waals surface area contributed by atoms with Crippen LogP contribution in [0.1, 0.15) is 7.43 Å². The summed E-state index contributed by atoms with van der Waals surface area (Å²) in [6, 6.07) is 4.93. The predicted molar refractivity (Wildman–Crippen MR) is 33.8 cm³/mol. The van der Waals surface area contributed by atoms with Gasteiger partial charge >= 0.3 is 0 Å². The fourth-order valence-corrected chi connectivity index (χ4v) is 0.377. The average Bonchev–Trinajstić information content (AvgIpc) is 1.69. The predicted octanol–water partition coefficient (Wildman–Crippen LogP) is 1.01. The highest BCUT2D eigenvalue weighted by atomic mass is 16.1. The Morgan fingerprint density at radius 1 is 1.38 bits per heavy atom. The summed E-state index contributed by atoms with van der Waals surface area (Å²) in [5, 5.41) is 0.